The van der Waals surface area contributed by atoms with E-state index in [1.807, 2.05) is 18.2 Å². The van der Waals surface area contributed by atoms with Gasteiger partial charge < -0.3 is 35.3 Å². The van der Waals surface area contributed by atoms with Crippen LogP contribution in [-0.2, 0) is 22.7 Å². The highest BCUT2D eigenvalue weighted by molar-refractivity contribution is 5.94. The topological polar surface area (TPSA) is 157 Å². The van der Waals surface area contributed by atoms with Crippen molar-refractivity contribution in [3.05, 3.63) is 82.9 Å². The third-order valence-corrected chi connectivity index (χ3v) is 6.13. The second-order valence-corrected chi connectivity index (χ2v) is 8.72. The largest absolute Gasteiger partial charge is 0.493 e. The Kier molecular flexibility index (Phi) is 8.85. The van der Waals surface area contributed by atoms with Gasteiger partial charge in [0.05, 0.1) is 20.8 Å². The molecule has 0 spiro atoms. The average Bonchev–Trinajstić information content (AvgIpc) is 3.43. The number of amides is 2. The van der Waals surface area contributed by atoms with Crippen molar-refractivity contribution in [2.45, 2.75) is 19.1 Å². The van der Waals surface area contributed by atoms with Gasteiger partial charge in [-0.3, -0.25) is 20.3 Å². The van der Waals surface area contributed by atoms with Gasteiger partial charge in [0.15, 0.2) is 23.0 Å². The number of methoxy groups -OCH3 is 2. The van der Waals surface area contributed by atoms with Gasteiger partial charge in [-0.15, -0.1) is 0 Å². The highest BCUT2D eigenvalue weighted by Gasteiger charge is 2.24. The Morgan fingerprint density at radius 1 is 0.897 bits per heavy atom. The van der Waals surface area contributed by atoms with Crippen molar-refractivity contribution in [1.29, 1.82) is 5.41 Å². The zero-order valence-corrected chi connectivity index (χ0v) is 21.7. The van der Waals surface area contributed by atoms with E-state index in [-0.39, 0.29) is 37.5 Å². The lowest BCUT2D eigenvalue weighted by Crippen LogP contribution is -2.42. The Balaban J connectivity index is 1.39. The van der Waals surface area contributed by atoms with Crippen LogP contribution in [0, 0.1) is 5.41 Å². The SMILES string of the molecule is COc1ccc(CNC(=O)CNC(=O)C(NCc2ccc(C(=N)N)cc2)c2ccc3c(c2)OCO3)cc1OC. The Morgan fingerprint density at radius 2 is 1.62 bits per heavy atom. The summed E-state index contributed by atoms with van der Waals surface area (Å²) in [5.74, 6) is 1.56. The summed E-state index contributed by atoms with van der Waals surface area (Å²) in [6.07, 6.45) is 0. The van der Waals surface area contributed by atoms with Crippen LogP contribution in [0.5, 0.6) is 23.0 Å². The molecule has 1 atom stereocenters. The number of nitrogens with two attached hydrogens (primary N) is 1. The fourth-order valence-corrected chi connectivity index (χ4v) is 4.00. The maximum absolute atomic E-state index is 13.2. The van der Waals surface area contributed by atoms with Crippen LogP contribution in [0.2, 0.25) is 0 Å². The number of amidine groups is 1. The first-order valence-corrected chi connectivity index (χ1v) is 12.2. The molecule has 0 aromatic heterocycles. The monoisotopic (exact) mass is 533 g/mol. The maximum Gasteiger partial charge on any atom is 0.242 e. The van der Waals surface area contributed by atoms with Crippen LogP contribution >= 0.6 is 0 Å². The van der Waals surface area contributed by atoms with Gasteiger partial charge in [-0.2, -0.15) is 0 Å². The van der Waals surface area contributed by atoms with Crippen molar-refractivity contribution >= 4 is 17.6 Å². The van der Waals surface area contributed by atoms with Gasteiger partial charge in [-0.1, -0.05) is 36.4 Å². The lowest BCUT2D eigenvalue weighted by atomic mass is 10.0. The summed E-state index contributed by atoms with van der Waals surface area (Å²) in [5.41, 5.74) is 8.52. The van der Waals surface area contributed by atoms with E-state index in [1.54, 1.807) is 56.7 Å². The quantitative estimate of drug-likeness (QED) is 0.175. The van der Waals surface area contributed by atoms with Crippen LogP contribution in [0.3, 0.4) is 0 Å². The number of fused-ring (bicyclic) bond motifs is 1. The average molecular weight is 534 g/mol. The molecule has 4 rings (SSSR count). The summed E-state index contributed by atoms with van der Waals surface area (Å²) >= 11 is 0. The summed E-state index contributed by atoms with van der Waals surface area (Å²) in [6, 6.07) is 17.0. The van der Waals surface area contributed by atoms with Gasteiger partial charge in [-0.25, -0.2) is 0 Å². The molecule has 6 N–H and O–H groups in total. The lowest BCUT2D eigenvalue weighted by Gasteiger charge is -2.19. The standard InChI is InChI=1S/C28H31N5O6/c1-36-21-9-5-18(11-23(21)37-2)14-31-25(34)15-33-28(35)26(20-8-10-22-24(12-20)39-16-38-22)32-13-17-3-6-19(7-4-17)27(29)30/h3-12,26,32H,13-16H2,1-2H3,(H3,29,30)(H,31,34)(H,33,35). The van der Waals surface area contributed by atoms with Gasteiger partial charge in [0.2, 0.25) is 18.6 Å². The maximum atomic E-state index is 13.2. The van der Waals surface area contributed by atoms with Gasteiger partial charge in [0.25, 0.3) is 0 Å². The van der Waals surface area contributed by atoms with E-state index in [0.717, 1.165) is 11.1 Å². The third-order valence-electron chi connectivity index (χ3n) is 6.13. The van der Waals surface area contributed by atoms with Crippen molar-refractivity contribution in [3.63, 3.8) is 0 Å². The molecule has 11 nitrogen and oxygen atoms in total. The molecule has 3 aromatic rings. The second-order valence-electron chi connectivity index (χ2n) is 8.72. The molecule has 11 heteroatoms. The van der Waals surface area contributed by atoms with Crippen molar-refractivity contribution in [1.82, 2.24) is 16.0 Å². The number of benzene rings is 3. The molecule has 1 heterocycles. The van der Waals surface area contributed by atoms with Crippen LogP contribution in [-0.4, -0.2) is 45.2 Å². The lowest BCUT2D eigenvalue weighted by molar-refractivity contribution is -0.127. The smallest absolute Gasteiger partial charge is 0.242 e. The number of hydrogen-bond acceptors (Lipinski definition) is 8. The molecular formula is C28H31N5O6. The fourth-order valence-electron chi connectivity index (χ4n) is 4.00. The van der Waals surface area contributed by atoms with Gasteiger partial charge in [0, 0.05) is 18.7 Å². The molecule has 0 saturated heterocycles. The molecule has 3 aromatic carbocycles. The highest BCUT2D eigenvalue weighted by atomic mass is 16.7. The minimum Gasteiger partial charge on any atom is -0.493 e. The number of nitrogens with one attached hydrogen (secondary N) is 4. The van der Waals surface area contributed by atoms with Crippen LogP contribution in [0.25, 0.3) is 0 Å². The van der Waals surface area contributed by atoms with Crippen molar-refractivity contribution in [2.24, 2.45) is 5.73 Å². The first kappa shape index (κ1) is 27.3. The normalized spacial score (nSPS) is 12.4. The number of carbonyl (C=O) groups excluding carboxylic acids is 2. The molecule has 1 aliphatic rings. The van der Waals surface area contributed by atoms with Crippen molar-refractivity contribution in [3.8, 4) is 23.0 Å². The molecule has 0 bridgehead atoms. The summed E-state index contributed by atoms with van der Waals surface area (Å²) in [6.45, 7) is 0.527. The predicted molar refractivity (Wildman–Crippen MR) is 144 cm³/mol. The first-order chi connectivity index (χ1) is 18.9. The van der Waals surface area contributed by atoms with Gasteiger partial charge in [0.1, 0.15) is 11.9 Å². The zero-order chi connectivity index (χ0) is 27.8. The first-order valence-electron chi connectivity index (χ1n) is 12.2. The molecule has 1 aliphatic heterocycles. The predicted octanol–water partition coefficient (Wildman–Crippen LogP) is 1.98. The highest BCUT2D eigenvalue weighted by Crippen LogP contribution is 2.34. The van der Waals surface area contributed by atoms with Gasteiger partial charge in [-0.05, 0) is 41.0 Å². The Labute approximate surface area is 226 Å². The summed E-state index contributed by atoms with van der Waals surface area (Å²) < 4.78 is 21.4. The minimum atomic E-state index is -0.773. The van der Waals surface area contributed by atoms with E-state index in [9.17, 15) is 9.59 Å². The zero-order valence-electron chi connectivity index (χ0n) is 21.7. The van der Waals surface area contributed by atoms with E-state index < -0.39 is 6.04 Å². The van der Waals surface area contributed by atoms with Crippen LogP contribution in [0.1, 0.15) is 28.3 Å². The van der Waals surface area contributed by atoms with E-state index in [1.165, 1.54) is 0 Å². The molecule has 0 radical (unpaired) electrons. The Morgan fingerprint density at radius 3 is 2.33 bits per heavy atom. The van der Waals surface area contributed by atoms with Crippen molar-refractivity contribution in [2.75, 3.05) is 27.6 Å². The number of hydrogen-bond donors (Lipinski definition) is 5. The molecular weight excluding hydrogens is 502 g/mol. The Hall–Kier alpha value is -4.77. The molecule has 0 saturated carbocycles. The third kappa shape index (κ3) is 6.96. The fraction of sp³-hybridized carbons (Fsp3) is 0.250. The summed E-state index contributed by atoms with van der Waals surface area (Å²) in [7, 11) is 3.10. The molecule has 39 heavy (non-hydrogen) atoms. The van der Waals surface area contributed by atoms with E-state index >= 15 is 0 Å². The molecule has 0 fully saturated rings. The summed E-state index contributed by atoms with van der Waals surface area (Å²) in [5, 5.41) is 16.3. The summed E-state index contributed by atoms with van der Waals surface area (Å²) in [4.78, 5) is 25.8. The molecule has 2 amide bonds. The van der Waals surface area contributed by atoms with E-state index in [0.29, 0.717) is 40.7 Å². The van der Waals surface area contributed by atoms with Crippen LogP contribution < -0.4 is 40.6 Å². The van der Waals surface area contributed by atoms with Gasteiger partial charge >= 0.3 is 0 Å². The number of ether oxygens (including phenoxy) is 4. The molecule has 0 aliphatic carbocycles. The number of rotatable bonds is 12. The van der Waals surface area contributed by atoms with Crippen molar-refractivity contribution < 1.29 is 28.5 Å². The van der Waals surface area contributed by atoms with Crippen LogP contribution in [0.4, 0.5) is 0 Å². The number of nitrogen functional groups attached to an aromatic ring is 1. The van der Waals surface area contributed by atoms with E-state index in [4.69, 9.17) is 30.1 Å². The minimum absolute atomic E-state index is 0.0171. The second kappa shape index (κ2) is 12.7. The van der Waals surface area contributed by atoms with Crippen LogP contribution in [0.15, 0.2) is 60.7 Å². The molecule has 1 unspecified atom stereocenters. The molecule has 204 valence electrons. The number of carbonyl (C=O) groups is 2. The Bertz CT molecular complexity index is 1340. The van der Waals surface area contributed by atoms with E-state index in [2.05, 4.69) is 16.0 Å².